The van der Waals surface area contributed by atoms with E-state index in [0.29, 0.717) is 30.6 Å². The second kappa shape index (κ2) is 4.58. The van der Waals surface area contributed by atoms with Crippen LogP contribution < -0.4 is 0 Å². The maximum atomic E-state index is 12.6. The zero-order valence-corrected chi connectivity index (χ0v) is 11.3. The summed E-state index contributed by atoms with van der Waals surface area (Å²) in [4.78, 5) is 4.33. The largest absolute Gasteiger partial charge is 0.379 e. The molecule has 18 heavy (non-hydrogen) atoms. The monoisotopic (exact) mass is 283 g/mol. The molecule has 1 atom stereocenters. The van der Waals surface area contributed by atoms with Crippen LogP contribution in [0.4, 0.5) is 0 Å². The van der Waals surface area contributed by atoms with Crippen LogP contribution in [0, 0.1) is 4.78 Å². The molecule has 1 aliphatic heterocycles. The van der Waals surface area contributed by atoms with Crippen molar-refractivity contribution in [1.82, 2.24) is 9.29 Å². The zero-order valence-electron chi connectivity index (χ0n) is 9.67. The normalized spacial score (nSPS) is 20.9. The SMILES string of the molecule is N=S(=O)(c1nc2ccccc2s1)N1CCOCC1. The summed E-state index contributed by atoms with van der Waals surface area (Å²) in [5.74, 6) is 0. The van der Waals surface area contributed by atoms with Crippen molar-refractivity contribution in [3.05, 3.63) is 24.3 Å². The summed E-state index contributed by atoms with van der Waals surface area (Å²) in [5, 5.41) is 0. The van der Waals surface area contributed by atoms with Gasteiger partial charge in [0.1, 0.15) is 0 Å². The van der Waals surface area contributed by atoms with Crippen LogP contribution in [-0.4, -0.2) is 39.8 Å². The average molecular weight is 283 g/mol. The van der Waals surface area contributed by atoms with Gasteiger partial charge in [0.25, 0.3) is 0 Å². The van der Waals surface area contributed by atoms with Crippen LogP contribution in [-0.2, 0) is 14.7 Å². The average Bonchev–Trinajstić information content (AvgIpc) is 2.84. The van der Waals surface area contributed by atoms with Crippen LogP contribution in [0.3, 0.4) is 0 Å². The molecule has 2 aromatic rings. The molecule has 0 saturated carbocycles. The second-order valence-electron chi connectivity index (χ2n) is 4.01. The molecule has 2 heterocycles. The van der Waals surface area contributed by atoms with E-state index in [1.807, 2.05) is 24.3 Å². The van der Waals surface area contributed by atoms with Crippen LogP contribution in [0.5, 0.6) is 0 Å². The molecule has 0 amide bonds. The third kappa shape index (κ3) is 2.03. The van der Waals surface area contributed by atoms with Gasteiger partial charge in [-0.15, -0.1) is 11.3 Å². The number of hydrogen-bond donors (Lipinski definition) is 1. The molecule has 1 unspecified atom stereocenters. The fourth-order valence-corrected chi connectivity index (χ4v) is 4.72. The Morgan fingerprint density at radius 3 is 2.78 bits per heavy atom. The van der Waals surface area contributed by atoms with Gasteiger partial charge in [0.2, 0.25) is 4.34 Å². The van der Waals surface area contributed by atoms with Crippen molar-refractivity contribution >= 4 is 31.5 Å². The Hall–Kier alpha value is -1.02. The molecule has 0 radical (unpaired) electrons. The molecule has 0 spiro atoms. The highest BCUT2D eigenvalue weighted by atomic mass is 32.2. The van der Waals surface area contributed by atoms with Gasteiger partial charge in [-0.1, -0.05) is 12.1 Å². The Morgan fingerprint density at radius 2 is 2.06 bits per heavy atom. The summed E-state index contributed by atoms with van der Waals surface area (Å²) in [6, 6.07) is 7.63. The Labute approximate surface area is 110 Å². The van der Waals surface area contributed by atoms with Gasteiger partial charge >= 0.3 is 0 Å². The summed E-state index contributed by atoms with van der Waals surface area (Å²) in [7, 11) is -2.96. The van der Waals surface area contributed by atoms with Crippen LogP contribution in [0.15, 0.2) is 28.6 Å². The van der Waals surface area contributed by atoms with Crippen molar-refractivity contribution in [2.75, 3.05) is 26.3 Å². The maximum absolute atomic E-state index is 12.6. The molecule has 7 heteroatoms. The number of para-hydroxylation sites is 1. The molecule has 1 N–H and O–H groups in total. The summed E-state index contributed by atoms with van der Waals surface area (Å²) < 4.78 is 29.0. The Balaban J connectivity index is 2.01. The third-order valence-corrected chi connectivity index (χ3v) is 6.26. The third-order valence-electron chi connectivity index (χ3n) is 2.84. The van der Waals surface area contributed by atoms with E-state index in [1.165, 1.54) is 11.3 Å². The van der Waals surface area contributed by atoms with Crippen molar-refractivity contribution in [2.45, 2.75) is 4.34 Å². The smallest absolute Gasteiger partial charge is 0.205 e. The molecule has 1 aromatic carbocycles. The summed E-state index contributed by atoms with van der Waals surface area (Å²) in [6.45, 7) is 2.11. The summed E-state index contributed by atoms with van der Waals surface area (Å²) in [5.41, 5.74) is 0.811. The lowest BCUT2D eigenvalue weighted by molar-refractivity contribution is 0.0743. The number of aromatic nitrogens is 1. The van der Waals surface area contributed by atoms with Crippen molar-refractivity contribution in [1.29, 1.82) is 4.78 Å². The zero-order chi connectivity index (χ0) is 12.6. The lowest BCUT2D eigenvalue weighted by atomic mass is 10.3. The number of morpholine rings is 1. The van der Waals surface area contributed by atoms with Gasteiger partial charge in [0.15, 0.2) is 9.92 Å². The van der Waals surface area contributed by atoms with Gasteiger partial charge in [-0.2, -0.15) is 0 Å². The first-order chi connectivity index (χ1) is 8.68. The number of nitrogens with zero attached hydrogens (tertiary/aromatic N) is 2. The fraction of sp³-hybridized carbons (Fsp3) is 0.364. The van der Waals surface area contributed by atoms with Gasteiger partial charge < -0.3 is 4.74 Å². The minimum atomic E-state index is -2.96. The van der Waals surface area contributed by atoms with Crippen molar-refractivity contribution in [3.63, 3.8) is 0 Å². The molecule has 5 nitrogen and oxygen atoms in total. The molecule has 1 fully saturated rings. The maximum Gasteiger partial charge on any atom is 0.205 e. The van der Waals surface area contributed by atoms with Crippen LogP contribution in [0.2, 0.25) is 0 Å². The number of thiazole rings is 1. The second-order valence-corrected chi connectivity index (χ2v) is 7.26. The Bertz CT molecular complexity index is 627. The fourth-order valence-electron chi connectivity index (χ4n) is 1.88. The van der Waals surface area contributed by atoms with Gasteiger partial charge in [0.05, 0.1) is 23.4 Å². The first kappa shape index (κ1) is 12.0. The van der Waals surface area contributed by atoms with E-state index >= 15 is 0 Å². The van der Waals surface area contributed by atoms with Crippen molar-refractivity contribution in [3.8, 4) is 0 Å². The predicted octanol–water partition coefficient (Wildman–Crippen LogP) is 1.95. The molecule has 96 valence electrons. The highest BCUT2D eigenvalue weighted by Crippen LogP contribution is 2.28. The number of ether oxygens (including phenoxy) is 1. The quantitative estimate of drug-likeness (QED) is 0.916. The van der Waals surface area contributed by atoms with E-state index in [-0.39, 0.29) is 0 Å². The predicted molar refractivity (Wildman–Crippen MR) is 71.1 cm³/mol. The summed E-state index contributed by atoms with van der Waals surface area (Å²) >= 11 is 1.34. The summed E-state index contributed by atoms with van der Waals surface area (Å²) in [6.07, 6.45) is 0. The van der Waals surface area contributed by atoms with Gasteiger partial charge in [-0.25, -0.2) is 18.3 Å². The Kier molecular flexibility index (Phi) is 3.06. The molecular weight excluding hydrogens is 270 g/mol. The van der Waals surface area contributed by atoms with E-state index in [1.54, 1.807) is 4.31 Å². The van der Waals surface area contributed by atoms with Gasteiger partial charge in [-0.05, 0) is 12.1 Å². The standard InChI is InChI=1S/C11H13N3O2S2/c12-18(15,14-5-7-16-8-6-14)11-13-9-3-1-2-4-10(9)17-11/h1-4,12H,5-8H2. The molecule has 1 saturated heterocycles. The van der Waals surface area contributed by atoms with E-state index < -0.39 is 9.92 Å². The van der Waals surface area contributed by atoms with Crippen LogP contribution in [0.1, 0.15) is 0 Å². The number of nitrogens with one attached hydrogen (secondary N) is 1. The van der Waals surface area contributed by atoms with E-state index in [4.69, 9.17) is 9.52 Å². The van der Waals surface area contributed by atoms with E-state index in [2.05, 4.69) is 4.98 Å². The molecular formula is C11H13N3O2S2. The van der Waals surface area contributed by atoms with Gasteiger partial charge in [-0.3, -0.25) is 0 Å². The first-order valence-corrected chi connectivity index (χ1v) is 7.98. The van der Waals surface area contributed by atoms with Crippen LogP contribution in [0.25, 0.3) is 10.2 Å². The van der Waals surface area contributed by atoms with Gasteiger partial charge in [0, 0.05) is 13.1 Å². The number of rotatable bonds is 2. The highest BCUT2D eigenvalue weighted by molar-refractivity contribution is 7.92. The molecule has 1 aromatic heterocycles. The van der Waals surface area contributed by atoms with Crippen LogP contribution >= 0.6 is 11.3 Å². The van der Waals surface area contributed by atoms with Crippen molar-refractivity contribution < 1.29 is 8.95 Å². The van der Waals surface area contributed by atoms with E-state index in [0.717, 1.165) is 10.2 Å². The lowest BCUT2D eigenvalue weighted by Crippen LogP contribution is -2.39. The first-order valence-electron chi connectivity index (χ1n) is 5.65. The molecule has 3 rings (SSSR count). The number of hydrogen-bond acceptors (Lipinski definition) is 5. The minimum absolute atomic E-state index is 0.394. The Morgan fingerprint density at radius 1 is 1.33 bits per heavy atom. The lowest BCUT2D eigenvalue weighted by Gasteiger charge is -2.26. The van der Waals surface area contributed by atoms with E-state index in [9.17, 15) is 4.21 Å². The topological polar surface area (TPSA) is 66.3 Å². The minimum Gasteiger partial charge on any atom is -0.379 e. The molecule has 0 bridgehead atoms. The van der Waals surface area contributed by atoms with Crippen molar-refractivity contribution in [2.24, 2.45) is 0 Å². The molecule has 1 aliphatic rings. The number of benzene rings is 1. The molecule has 0 aliphatic carbocycles. The number of fused-ring (bicyclic) bond motifs is 1. The highest BCUT2D eigenvalue weighted by Gasteiger charge is 2.25.